The number of carbonyl (C=O) groups is 1. The zero-order valence-corrected chi connectivity index (χ0v) is 28.4. The zero-order chi connectivity index (χ0) is 34.9. The Kier molecular flexibility index (Phi) is 8.73. The zero-order valence-electron chi connectivity index (χ0n) is 28.4. The Bertz CT molecular complexity index is 2230. The molecule has 2 aromatic heterocycles. The molecule has 0 spiro atoms. The van der Waals surface area contributed by atoms with Gasteiger partial charge in [-0.2, -0.15) is 5.10 Å². The van der Waals surface area contributed by atoms with E-state index in [1.165, 1.54) is 22.3 Å². The molecule has 0 bridgehead atoms. The van der Waals surface area contributed by atoms with Gasteiger partial charge in [-0.25, -0.2) is 15.1 Å². The summed E-state index contributed by atoms with van der Waals surface area (Å²) in [6.07, 6.45) is 4.41. The number of ether oxygens (including phenoxy) is 1. The van der Waals surface area contributed by atoms with Gasteiger partial charge in [-0.1, -0.05) is 54.6 Å². The maximum atomic E-state index is 12.7. The summed E-state index contributed by atoms with van der Waals surface area (Å²) in [6.45, 7) is 3.40. The lowest BCUT2D eigenvalue weighted by atomic mass is 9.96. The highest BCUT2D eigenvalue weighted by Gasteiger charge is 2.31. The molecule has 2 aliphatic rings. The average Bonchev–Trinajstić information content (AvgIpc) is 3.63. The van der Waals surface area contributed by atoms with Gasteiger partial charge in [-0.05, 0) is 89.6 Å². The van der Waals surface area contributed by atoms with Crippen LogP contribution in [0.2, 0.25) is 0 Å². The highest BCUT2D eigenvalue weighted by molar-refractivity contribution is 5.95. The standard InChI is InChI=1S/C40H41N9O2/c1-24-13-14-26(40(50)45-27-15-16-27)18-37(24)49-39(42)36(22-44-49)48-43-21-25-7-6-8-28(17-25)51-23-33-30-10-3-2-9-29(30)31(32(33)20-41)19-38-46-34-11-4-5-12-35(34)47-38/h2-14,17-18,22,27,33,43,48H,15-16,19-21,23,41-42H2,1H3,(H,45,50)(H,46,47). The maximum absolute atomic E-state index is 12.7. The summed E-state index contributed by atoms with van der Waals surface area (Å²) in [4.78, 5) is 21.0. The Morgan fingerprint density at radius 3 is 2.71 bits per heavy atom. The number of benzene rings is 4. The SMILES string of the molecule is Cc1ccc(C(=O)NC2CC2)cc1-n1ncc(NNCc2cccc(OCC3C(CN)=C(Cc4nc5ccccc5[nH]4)c4ccccc43)c2)c1N. The molecule has 2 heterocycles. The Morgan fingerprint density at radius 2 is 1.86 bits per heavy atom. The van der Waals surface area contributed by atoms with E-state index in [1.54, 1.807) is 10.9 Å². The molecule has 1 unspecified atom stereocenters. The van der Waals surface area contributed by atoms with Crippen LogP contribution in [0.3, 0.4) is 0 Å². The van der Waals surface area contributed by atoms with Gasteiger partial charge in [0.25, 0.3) is 5.91 Å². The van der Waals surface area contributed by atoms with Crippen molar-refractivity contribution in [2.45, 2.75) is 44.7 Å². The number of carbonyl (C=O) groups excluding carboxylic acids is 1. The van der Waals surface area contributed by atoms with Gasteiger partial charge in [0.15, 0.2) is 5.82 Å². The second-order valence-corrected chi connectivity index (χ2v) is 13.3. The Labute approximate surface area is 296 Å². The summed E-state index contributed by atoms with van der Waals surface area (Å²) in [7, 11) is 0. The fourth-order valence-corrected chi connectivity index (χ4v) is 6.86. The van der Waals surface area contributed by atoms with Gasteiger partial charge in [-0.15, -0.1) is 0 Å². The van der Waals surface area contributed by atoms with Crippen LogP contribution in [0, 0.1) is 6.92 Å². The smallest absolute Gasteiger partial charge is 0.251 e. The quantitative estimate of drug-likeness (QED) is 0.0838. The molecule has 8 N–H and O–H groups in total. The second kappa shape index (κ2) is 13.8. The number of nitrogen functional groups attached to an aromatic ring is 1. The molecule has 11 nitrogen and oxygen atoms in total. The van der Waals surface area contributed by atoms with E-state index in [-0.39, 0.29) is 17.9 Å². The van der Waals surface area contributed by atoms with Crippen molar-refractivity contribution in [1.82, 2.24) is 30.5 Å². The molecule has 4 aromatic carbocycles. The van der Waals surface area contributed by atoms with E-state index in [9.17, 15) is 4.79 Å². The molecule has 2 aliphatic carbocycles. The number of hydrogen-bond donors (Lipinski definition) is 6. The van der Waals surface area contributed by atoms with Gasteiger partial charge in [0.05, 0.1) is 29.5 Å². The fraction of sp³-hybridized carbons (Fsp3) is 0.225. The number of hydrogen-bond acceptors (Lipinski definition) is 8. The Hall–Kier alpha value is -5.91. The molecule has 11 heteroatoms. The molecule has 1 atom stereocenters. The molecule has 0 aliphatic heterocycles. The van der Waals surface area contributed by atoms with Crippen LogP contribution in [0.1, 0.15) is 57.2 Å². The summed E-state index contributed by atoms with van der Waals surface area (Å²) in [6, 6.07) is 30.5. The minimum Gasteiger partial charge on any atom is -0.493 e. The fourth-order valence-electron chi connectivity index (χ4n) is 6.86. The van der Waals surface area contributed by atoms with Gasteiger partial charge < -0.3 is 31.9 Å². The van der Waals surface area contributed by atoms with Gasteiger partial charge in [-0.3, -0.25) is 4.79 Å². The number of rotatable bonds is 13. The predicted molar refractivity (Wildman–Crippen MR) is 201 cm³/mol. The van der Waals surface area contributed by atoms with Crippen molar-refractivity contribution in [1.29, 1.82) is 0 Å². The number of nitrogens with zero attached hydrogens (tertiary/aromatic N) is 3. The van der Waals surface area contributed by atoms with E-state index in [0.29, 0.717) is 43.2 Å². The topological polar surface area (TPSA) is 161 Å². The van der Waals surface area contributed by atoms with E-state index in [0.717, 1.165) is 52.3 Å². The van der Waals surface area contributed by atoms with E-state index in [2.05, 4.69) is 50.5 Å². The van der Waals surface area contributed by atoms with Crippen LogP contribution in [0.4, 0.5) is 11.5 Å². The second-order valence-electron chi connectivity index (χ2n) is 13.3. The number of imidazole rings is 1. The van der Waals surface area contributed by atoms with Crippen LogP contribution in [0.15, 0.2) is 103 Å². The number of para-hydroxylation sites is 2. The summed E-state index contributed by atoms with van der Waals surface area (Å²) >= 11 is 0. The lowest BCUT2D eigenvalue weighted by Gasteiger charge is -2.18. The van der Waals surface area contributed by atoms with Crippen molar-refractivity contribution < 1.29 is 9.53 Å². The summed E-state index contributed by atoms with van der Waals surface area (Å²) in [5, 5.41) is 7.55. The molecule has 258 valence electrons. The molecule has 6 aromatic rings. The van der Waals surface area contributed by atoms with Crippen LogP contribution in [0.5, 0.6) is 5.75 Å². The molecule has 1 amide bonds. The molecular formula is C40H41N9O2. The summed E-state index contributed by atoms with van der Waals surface area (Å²) in [5.41, 5.74) is 30.2. The minimum absolute atomic E-state index is 0.0467. The molecular weight excluding hydrogens is 639 g/mol. The first kappa shape index (κ1) is 32.3. The first-order valence-corrected chi connectivity index (χ1v) is 17.4. The van der Waals surface area contributed by atoms with Gasteiger partial charge in [0.1, 0.15) is 17.3 Å². The van der Waals surface area contributed by atoms with Crippen LogP contribution in [-0.4, -0.2) is 44.8 Å². The third kappa shape index (κ3) is 6.69. The highest BCUT2D eigenvalue weighted by Crippen LogP contribution is 2.43. The summed E-state index contributed by atoms with van der Waals surface area (Å²) in [5.74, 6) is 2.10. The van der Waals surface area contributed by atoms with E-state index < -0.39 is 0 Å². The van der Waals surface area contributed by atoms with Gasteiger partial charge in [0.2, 0.25) is 0 Å². The third-order valence-electron chi connectivity index (χ3n) is 9.72. The largest absolute Gasteiger partial charge is 0.493 e. The van der Waals surface area contributed by atoms with Crippen molar-refractivity contribution in [2.24, 2.45) is 5.73 Å². The highest BCUT2D eigenvalue weighted by atomic mass is 16.5. The molecule has 1 fully saturated rings. The molecule has 1 saturated carbocycles. The van der Waals surface area contributed by atoms with Crippen molar-refractivity contribution >= 4 is 34.0 Å². The van der Waals surface area contributed by atoms with Crippen molar-refractivity contribution in [3.8, 4) is 11.4 Å². The average molecular weight is 680 g/mol. The predicted octanol–water partition coefficient (Wildman–Crippen LogP) is 5.78. The van der Waals surface area contributed by atoms with E-state index in [4.69, 9.17) is 21.2 Å². The number of hydrazine groups is 1. The van der Waals surface area contributed by atoms with Crippen LogP contribution >= 0.6 is 0 Å². The number of fused-ring (bicyclic) bond motifs is 2. The lowest BCUT2D eigenvalue weighted by Crippen LogP contribution is -2.25. The molecule has 51 heavy (non-hydrogen) atoms. The number of allylic oxidation sites excluding steroid dienone is 1. The van der Waals surface area contributed by atoms with Gasteiger partial charge in [0, 0.05) is 37.0 Å². The first-order chi connectivity index (χ1) is 24.9. The monoisotopic (exact) mass is 679 g/mol. The van der Waals surface area contributed by atoms with E-state index in [1.807, 2.05) is 73.7 Å². The number of nitrogens with one attached hydrogen (secondary N) is 4. The number of aromatic nitrogens is 4. The minimum atomic E-state index is -0.0799. The Balaban J connectivity index is 0.918. The van der Waals surface area contributed by atoms with E-state index >= 15 is 0 Å². The van der Waals surface area contributed by atoms with Crippen LogP contribution in [-0.2, 0) is 13.0 Å². The number of H-pyrrole nitrogens is 1. The van der Waals surface area contributed by atoms with Crippen LogP contribution < -0.4 is 32.4 Å². The summed E-state index contributed by atoms with van der Waals surface area (Å²) < 4.78 is 8.09. The number of anilines is 2. The van der Waals surface area contributed by atoms with Gasteiger partial charge >= 0.3 is 0 Å². The number of aryl methyl sites for hydroxylation is 1. The lowest BCUT2D eigenvalue weighted by molar-refractivity contribution is 0.0951. The normalized spacial score (nSPS) is 15.3. The number of nitrogens with two attached hydrogens (primary N) is 2. The molecule has 0 radical (unpaired) electrons. The Morgan fingerprint density at radius 1 is 1.02 bits per heavy atom. The molecule has 8 rings (SSSR count). The first-order valence-electron chi connectivity index (χ1n) is 17.4. The maximum Gasteiger partial charge on any atom is 0.251 e. The van der Waals surface area contributed by atoms with Crippen molar-refractivity contribution in [3.05, 3.63) is 136 Å². The third-order valence-corrected chi connectivity index (χ3v) is 9.72. The number of amides is 1. The molecule has 0 saturated heterocycles. The number of aromatic amines is 1. The van der Waals surface area contributed by atoms with Crippen molar-refractivity contribution in [2.75, 3.05) is 24.3 Å². The van der Waals surface area contributed by atoms with Crippen molar-refractivity contribution in [3.63, 3.8) is 0 Å². The van der Waals surface area contributed by atoms with Crippen LogP contribution in [0.25, 0.3) is 22.3 Å².